The van der Waals surface area contributed by atoms with E-state index in [9.17, 15) is 27.9 Å². The number of urea groups is 1. The van der Waals surface area contributed by atoms with E-state index in [2.05, 4.69) is 0 Å². The average Bonchev–Trinajstić information content (AvgIpc) is 2.78. The van der Waals surface area contributed by atoms with Gasteiger partial charge in [0.1, 0.15) is 0 Å². The van der Waals surface area contributed by atoms with Gasteiger partial charge in [-0.15, -0.1) is 0 Å². The van der Waals surface area contributed by atoms with Crippen molar-refractivity contribution in [1.29, 1.82) is 0 Å². The van der Waals surface area contributed by atoms with Crippen LogP contribution in [0.2, 0.25) is 0 Å². The molecule has 2 aliphatic heterocycles. The van der Waals surface area contributed by atoms with Crippen molar-refractivity contribution >= 4 is 12.1 Å². The van der Waals surface area contributed by atoms with Crippen LogP contribution in [-0.4, -0.2) is 84.4 Å². The number of carboxylic acid groups (broad SMARTS) is 1. The topological polar surface area (TPSA) is 73.3 Å². The summed E-state index contributed by atoms with van der Waals surface area (Å²) >= 11 is 0. The van der Waals surface area contributed by atoms with E-state index < -0.39 is 17.8 Å². The van der Waals surface area contributed by atoms with Crippen LogP contribution in [0.15, 0.2) is 24.3 Å². The monoisotopic (exact) mass is 457 g/mol. The minimum atomic E-state index is -4.41. The Morgan fingerprint density at radius 1 is 1.12 bits per heavy atom. The number of alkyl halides is 3. The third-order valence-corrected chi connectivity index (χ3v) is 6.04. The number of carbonyl (C=O) groups is 2. The molecule has 0 aliphatic carbocycles. The molecule has 3 rings (SSSR count). The van der Waals surface area contributed by atoms with Crippen molar-refractivity contribution in [3.63, 3.8) is 0 Å². The maximum Gasteiger partial charge on any atom is 0.416 e. The molecule has 32 heavy (non-hydrogen) atoms. The molecule has 2 saturated heterocycles. The smallest absolute Gasteiger partial charge is 0.416 e. The third kappa shape index (κ3) is 6.05. The maximum absolute atomic E-state index is 13.1. The van der Waals surface area contributed by atoms with Gasteiger partial charge in [-0.25, -0.2) is 9.59 Å². The van der Waals surface area contributed by atoms with Crippen molar-refractivity contribution in [2.75, 3.05) is 52.5 Å². The number of benzene rings is 1. The van der Waals surface area contributed by atoms with E-state index in [4.69, 9.17) is 4.74 Å². The fraction of sp³-hybridized carbons (Fsp3) is 0.636. The lowest BCUT2D eigenvalue weighted by atomic mass is 9.84. The van der Waals surface area contributed by atoms with E-state index in [-0.39, 0.29) is 24.4 Å². The highest BCUT2D eigenvalue weighted by Gasteiger charge is 2.35. The number of ether oxygens (including phenoxy) is 1. The number of rotatable bonds is 5. The highest BCUT2D eigenvalue weighted by Crippen LogP contribution is 2.34. The zero-order chi connectivity index (χ0) is 23.3. The zero-order valence-corrected chi connectivity index (χ0v) is 18.2. The van der Waals surface area contributed by atoms with E-state index in [1.165, 1.54) is 17.0 Å². The molecule has 2 heterocycles. The Balaban J connectivity index is 1.80. The summed E-state index contributed by atoms with van der Waals surface area (Å²) in [5.41, 5.74) is 0.00898. The van der Waals surface area contributed by atoms with Gasteiger partial charge in [-0.05, 0) is 36.5 Å². The van der Waals surface area contributed by atoms with E-state index >= 15 is 0 Å². The molecule has 2 unspecified atom stereocenters. The molecule has 2 aliphatic rings. The Labute approximate surface area is 185 Å². The number of hydrogen-bond donors (Lipinski definition) is 1. The van der Waals surface area contributed by atoms with Crippen molar-refractivity contribution in [3.8, 4) is 0 Å². The van der Waals surface area contributed by atoms with Crippen molar-refractivity contribution in [2.45, 2.75) is 31.9 Å². The Hall–Kier alpha value is -2.49. The standard InChI is InChI=1S/C22H30F3N3O4/c1-2-7-27(21(30)31)13-16-12-18(17-3-5-19(6-4-17)22(23,24)25)15-28(14-16)20(29)26-8-10-32-11-9-26/h3-6,16,18H,2,7-15H2,1H3,(H,30,31). The molecule has 0 radical (unpaired) electrons. The molecule has 178 valence electrons. The van der Waals surface area contributed by atoms with Crippen LogP contribution in [0.3, 0.4) is 0 Å². The van der Waals surface area contributed by atoms with Gasteiger partial charge in [0, 0.05) is 45.2 Å². The Kier molecular flexibility index (Phi) is 7.86. The Morgan fingerprint density at radius 3 is 2.34 bits per heavy atom. The molecule has 1 aromatic rings. The summed E-state index contributed by atoms with van der Waals surface area (Å²) < 4.78 is 44.2. The van der Waals surface area contributed by atoms with Crippen LogP contribution in [0.5, 0.6) is 0 Å². The Morgan fingerprint density at radius 2 is 1.78 bits per heavy atom. The van der Waals surface area contributed by atoms with Gasteiger partial charge in [0.05, 0.1) is 18.8 Å². The van der Waals surface area contributed by atoms with Gasteiger partial charge in [-0.1, -0.05) is 19.1 Å². The molecule has 7 nitrogen and oxygen atoms in total. The van der Waals surface area contributed by atoms with Crippen LogP contribution in [0, 0.1) is 5.92 Å². The SMILES string of the molecule is CCCN(CC1CC(c2ccc(C(F)(F)F)cc2)CN(C(=O)N2CCOCC2)C1)C(=O)O. The second-order valence-electron chi connectivity index (χ2n) is 8.43. The zero-order valence-electron chi connectivity index (χ0n) is 18.2. The first-order valence-corrected chi connectivity index (χ1v) is 11.0. The molecular formula is C22H30F3N3O4. The van der Waals surface area contributed by atoms with Crippen LogP contribution in [0.1, 0.15) is 36.8 Å². The summed E-state index contributed by atoms with van der Waals surface area (Å²) in [5.74, 6) is -0.276. The number of hydrogen-bond acceptors (Lipinski definition) is 3. The Bertz CT molecular complexity index is 782. The first-order valence-electron chi connectivity index (χ1n) is 11.0. The first kappa shape index (κ1) is 24.2. The largest absolute Gasteiger partial charge is 0.465 e. The summed E-state index contributed by atoms with van der Waals surface area (Å²) in [6.07, 6.45) is -4.13. The number of nitrogens with zero attached hydrogens (tertiary/aromatic N) is 3. The number of piperidine rings is 1. The molecule has 1 aromatic carbocycles. The van der Waals surface area contributed by atoms with Gasteiger partial charge >= 0.3 is 18.3 Å². The molecule has 3 amide bonds. The van der Waals surface area contributed by atoms with Crippen LogP contribution < -0.4 is 0 Å². The van der Waals surface area contributed by atoms with Crippen molar-refractivity contribution in [3.05, 3.63) is 35.4 Å². The fourth-order valence-electron chi connectivity index (χ4n) is 4.48. The van der Waals surface area contributed by atoms with Crippen LogP contribution in [0.4, 0.5) is 22.8 Å². The molecule has 2 fully saturated rings. The molecular weight excluding hydrogens is 427 g/mol. The maximum atomic E-state index is 13.1. The summed E-state index contributed by atoms with van der Waals surface area (Å²) in [5, 5.41) is 9.52. The number of carbonyl (C=O) groups excluding carboxylic acids is 1. The van der Waals surface area contributed by atoms with Gasteiger partial charge < -0.3 is 24.5 Å². The van der Waals surface area contributed by atoms with Gasteiger partial charge in [0.25, 0.3) is 0 Å². The highest BCUT2D eigenvalue weighted by atomic mass is 19.4. The average molecular weight is 457 g/mol. The number of halogens is 3. The predicted octanol–water partition coefficient (Wildman–Crippen LogP) is 3.95. The number of amides is 3. The van der Waals surface area contributed by atoms with E-state index in [1.54, 1.807) is 9.80 Å². The van der Waals surface area contributed by atoms with Crippen molar-refractivity contribution in [1.82, 2.24) is 14.7 Å². The molecule has 2 atom stereocenters. The lowest BCUT2D eigenvalue weighted by molar-refractivity contribution is -0.137. The second kappa shape index (κ2) is 10.4. The third-order valence-electron chi connectivity index (χ3n) is 6.04. The fourth-order valence-corrected chi connectivity index (χ4v) is 4.48. The lowest BCUT2D eigenvalue weighted by Gasteiger charge is -2.42. The quantitative estimate of drug-likeness (QED) is 0.727. The second-order valence-corrected chi connectivity index (χ2v) is 8.43. The molecule has 10 heteroatoms. The van der Waals surface area contributed by atoms with Gasteiger partial charge in [-0.3, -0.25) is 0 Å². The minimum Gasteiger partial charge on any atom is -0.465 e. The van der Waals surface area contributed by atoms with E-state index in [0.717, 1.165) is 17.7 Å². The summed E-state index contributed by atoms with van der Waals surface area (Å²) in [7, 11) is 0. The number of morpholine rings is 1. The summed E-state index contributed by atoms with van der Waals surface area (Å²) in [4.78, 5) is 29.5. The predicted molar refractivity (Wildman–Crippen MR) is 112 cm³/mol. The van der Waals surface area contributed by atoms with Gasteiger partial charge in [-0.2, -0.15) is 13.2 Å². The molecule has 0 saturated carbocycles. The molecule has 0 aromatic heterocycles. The molecule has 0 spiro atoms. The van der Waals surface area contributed by atoms with Crippen molar-refractivity contribution < 1.29 is 32.6 Å². The van der Waals surface area contributed by atoms with Gasteiger partial charge in [0.2, 0.25) is 0 Å². The van der Waals surface area contributed by atoms with Crippen molar-refractivity contribution in [2.24, 2.45) is 5.92 Å². The normalized spacial score (nSPS) is 22.0. The van der Waals surface area contributed by atoms with Crippen LogP contribution in [0.25, 0.3) is 0 Å². The van der Waals surface area contributed by atoms with Crippen LogP contribution >= 0.6 is 0 Å². The molecule has 0 bridgehead atoms. The van der Waals surface area contributed by atoms with Gasteiger partial charge in [0.15, 0.2) is 0 Å². The van der Waals surface area contributed by atoms with E-state index in [0.29, 0.717) is 58.8 Å². The van der Waals surface area contributed by atoms with E-state index in [1.807, 2.05) is 6.92 Å². The lowest BCUT2D eigenvalue weighted by Crippen LogP contribution is -2.53. The minimum absolute atomic E-state index is 0.108. The highest BCUT2D eigenvalue weighted by molar-refractivity contribution is 5.75. The summed E-state index contributed by atoms with van der Waals surface area (Å²) in [6, 6.07) is 4.93. The van der Waals surface area contributed by atoms with Crippen LogP contribution in [-0.2, 0) is 10.9 Å². The first-order chi connectivity index (χ1) is 15.2. The summed E-state index contributed by atoms with van der Waals surface area (Å²) in [6.45, 7) is 5.30. The molecule has 1 N–H and O–H groups in total. The number of likely N-dealkylation sites (tertiary alicyclic amines) is 1.